The van der Waals surface area contributed by atoms with Gasteiger partial charge in [-0.25, -0.2) is 4.98 Å². The van der Waals surface area contributed by atoms with Crippen molar-refractivity contribution in [1.29, 1.82) is 0 Å². The van der Waals surface area contributed by atoms with Crippen LogP contribution < -0.4 is 4.74 Å². The molecule has 0 spiro atoms. The van der Waals surface area contributed by atoms with E-state index in [0.29, 0.717) is 11.8 Å². The summed E-state index contributed by atoms with van der Waals surface area (Å²) in [6.45, 7) is 4.46. The largest absolute Gasteiger partial charge is 0.477 e. The first-order valence-electron chi connectivity index (χ1n) is 5.58. The maximum absolute atomic E-state index is 5.72. The van der Waals surface area contributed by atoms with Gasteiger partial charge in [-0.2, -0.15) is 0 Å². The molecule has 0 amide bonds. The van der Waals surface area contributed by atoms with Gasteiger partial charge >= 0.3 is 0 Å². The molecule has 0 unspecified atom stereocenters. The highest BCUT2D eigenvalue weighted by molar-refractivity contribution is 9.10. The van der Waals surface area contributed by atoms with Gasteiger partial charge in [0.1, 0.15) is 0 Å². The van der Waals surface area contributed by atoms with Crippen molar-refractivity contribution >= 4 is 15.9 Å². The van der Waals surface area contributed by atoms with Crippen molar-refractivity contribution in [2.75, 3.05) is 19.8 Å². The van der Waals surface area contributed by atoms with Crippen LogP contribution in [0.25, 0.3) is 0 Å². The van der Waals surface area contributed by atoms with Crippen LogP contribution in [0.1, 0.15) is 18.4 Å². The summed E-state index contributed by atoms with van der Waals surface area (Å²) in [5.41, 5.74) is 1.13. The van der Waals surface area contributed by atoms with E-state index in [1.165, 1.54) is 0 Å². The van der Waals surface area contributed by atoms with Gasteiger partial charge in [0.15, 0.2) is 0 Å². The summed E-state index contributed by atoms with van der Waals surface area (Å²) in [7, 11) is 0. The van der Waals surface area contributed by atoms with Crippen molar-refractivity contribution in [3.63, 3.8) is 0 Å². The van der Waals surface area contributed by atoms with Gasteiger partial charge in [0.25, 0.3) is 0 Å². The summed E-state index contributed by atoms with van der Waals surface area (Å²) in [5.74, 6) is 1.29. The van der Waals surface area contributed by atoms with Crippen LogP contribution in [0, 0.1) is 12.8 Å². The number of nitrogens with zero attached hydrogens (tertiary/aromatic N) is 1. The molecule has 0 N–H and O–H groups in total. The number of ether oxygens (including phenoxy) is 2. The quantitative estimate of drug-likeness (QED) is 0.856. The first-order chi connectivity index (χ1) is 7.75. The van der Waals surface area contributed by atoms with Gasteiger partial charge in [-0.05, 0) is 53.2 Å². The van der Waals surface area contributed by atoms with E-state index in [0.717, 1.165) is 42.7 Å². The highest BCUT2D eigenvalue weighted by atomic mass is 79.9. The van der Waals surface area contributed by atoms with E-state index in [1.54, 1.807) is 0 Å². The third-order valence-electron chi connectivity index (χ3n) is 2.74. The van der Waals surface area contributed by atoms with Crippen LogP contribution in [0.15, 0.2) is 16.7 Å². The van der Waals surface area contributed by atoms with E-state index >= 15 is 0 Å². The molecule has 16 heavy (non-hydrogen) atoms. The molecule has 0 aliphatic carbocycles. The van der Waals surface area contributed by atoms with Crippen LogP contribution in [0.2, 0.25) is 0 Å². The Kier molecular flexibility index (Phi) is 4.18. The smallest absolute Gasteiger partial charge is 0.227 e. The number of halogens is 1. The first kappa shape index (κ1) is 11.9. The number of pyridine rings is 1. The molecule has 1 aromatic heterocycles. The fourth-order valence-corrected chi connectivity index (χ4v) is 2.31. The van der Waals surface area contributed by atoms with E-state index in [9.17, 15) is 0 Å². The summed E-state index contributed by atoms with van der Waals surface area (Å²) in [6, 6.07) is 2.02. The first-order valence-corrected chi connectivity index (χ1v) is 6.37. The Labute approximate surface area is 104 Å². The third-order valence-corrected chi connectivity index (χ3v) is 3.31. The summed E-state index contributed by atoms with van der Waals surface area (Å²) < 4.78 is 12.0. The average molecular weight is 286 g/mol. The van der Waals surface area contributed by atoms with Gasteiger partial charge in [0.05, 0.1) is 11.1 Å². The molecule has 2 heterocycles. The van der Waals surface area contributed by atoms with Gasteiger partial charge in [-0.15, -0.1) is 0 Å². The summed E-state index contributed by atoms with van der Waals surface area (Å²) in [6.07, 6.45) is 4.00. The Bertz CT molecular complexity index is 351. The standard InChI is InChI=1S/C12H16BrNO2/c1-9-6-11(13)12(14-7-9)16-8-10-2-4-15-5-3-10/h6-7,10H,2-5,8H2,1H3. The second-order valence-electron chi connectivity index (χ2n) is 4.17. The minimum absolute atomic E-state index is 0.601. The molecule has 3 nitrogen and oxygen atoms in total. The number of rotatable bonds is 3. The van der Waals surface area contributed by atoms with E-state index in [1.807, 2.05) is 19.2 Å². The lowest BCUT2D eigenvalue weighted by Crippen LogP contribution is -2.21. The zero-order valence-corrected chi connectivity index (χ0v) is 11.0. The highest BCUT2D eigenvalue weighted by Crippen LogP contribution is 2.24. The lowest BCUT2D eigenvalue weighted by atomic mass is 10.0. The van der Waals surface area contributed by atoms with Crippen molar-refractivity contribution in [3.8, 4) is 5.88 Å². The second kappa shape index (κ2) is 5.64. The van der Waals surface area contributed by atoms with Crippen molar-refractivity contribution in [2.24, 2.45) is 5.92 Å². The molecule has 1 aliphatic rings. The summed E-state index contributed by atoms with van der Waals surface area (Å²) in [5, 5.41) is 0. The van der Waals surface area contributed by atoms with Crippen molar-refractivity contribution in [2.45, 2.75) is 19.8 Å². The summed E-state index contributed by atoms with van der Waals surface area (Å²) in [4.78, 5) is 4.26. The molecule has 1 aliphatic heterocycles. The molecule has 4 heteroatoms. The van der Waals surface area contributed by atoms with Crippen LogP contribution >= 0.6 is 15.9 Å². The molecule has 2 rings (SSSR count). The van der Waals surface area contributed by atoms with Gasteiger partial charge in [-0.1, -0.05) is 0 Å². The van der Waals surface area contributed by atoms with Gasteiger partial charge in [0, 0.05) is 19.4 Å². The van der Waals surface area contributed by atoms with E-state index < -0.39 is 0 Å². The molecule has 1 saturated heterocycles. The zero-order chi connectivity index (χ0) is 11.4. The van der Waals surface area contributed by atoms with Crippen LogP contribution in [-0.4, -0.2) is 24.8 Å². The minimum atomic E-state index is 0.601. The second-order valence-corrected chi connectivity index (χ2v) is 5.02. The predicted octanol–water partition coefficient (Wildman–Crippen LogP) is 2.96. The maximum atomic E-state index is 5.72. The van der Waals surface area contributed by atoms with Crippen LogP contribution in [0.5, 0.6) is 5.88 Å². The normalized spacial score (nSPS) is 17.4. The highest BCUT2D eigenvalue weighted by Gasteiger charge is 2.15. The number of hydrogen-bond donors (Lipinski definition) is 0. The topological polar surface area (TPSA) is 31.4 Å². The van der Waals surface area contributed by atoms with Crippen molar-refractivity contribution < 1.29 is 9.47 Å². The monoisotopic (exact) mass is 285 g/mol. The Hall–Kier alpha value is -0.610. The average Bonchev–Trinajstić information content (AvgIpc) is 2.29. The molecule has 1 aromatic rings. The lowest BCUT2D eigenvalue weighted by Gasteiger charge is -2.22. The van der Waals surface area contributed by atoms with Gasteiger partial charge in [0.2, 0.25) is 5.88 Å². The third kappa shape index (κ3) is 3.19. The van der Waals surface area contributed by atoms with Crippen molar-refractivity contribution in [1.82, 2.24) is 4.98 Å². The minimum Gasteiger partial charge on any atom is -0.477 e. The van der Waals surface area contributed by atoms with Gasteiger partial charge in [-0.3, -0.25) is 0 Å². The molecular weight excluding hydrogens is 270 g/mol. The SMILES string of the molecule is Cc1cnc(OCC2CCOCC2)c(Br)c1. The number of hydrogen-bond acceptors (Lipinski definition) is 3. The lowest BCUT2D eigenvalue weighted by molar-refractivity contribution is 0.0489. The van der Waals surface area contributed by atoms with Crippen LogP contribution in [0.3, 0.4) is 0 Å². The molecule has 0 aromatic carbocycles. The molecule has 0 atom stereocenters. The van der Waals surface area contributed by atoms with E-state index in [4.69, 9.17) is 9.47 Å². The Balaban J connectivity index is 1.88. The fourth-order valence-electron chi connectivity index (χ4n) is 1.74. The summed E-state index contributed by atoms with van der Waals surface area (Å²) >= 11 is 3.46. The predicted molar refractivity (Wildman–Crippen MR) is 65.7 cm³/mol. The van der Waals surface area contributed by atoms with Crippen molar-refractivity contribution in [3.05, 3.63) is 22.3 Å². The van der Waals surface area contributed by atoms with Crippen LogP contribution in [-0.2, 0) is 4.74 Å². The number of aryl methyl sites for hydroxylation is 1. The van der Waals surface area contributed by atoms with E-state index in [2.05, 4.69) is 20.9 Å². The Morgan fingerprint density at radius 3 is 2.94 bits per heavy atom. The molecule has 0 radical (unpaired) electrons. The molecule has 0 bridgehead atoms. The maximum Gasteiger partial charge on any atom is 0.227 e. The fraction of sp³-hybridized carbons (Fsp3) is 0.583. The molecule has 1 fully saturated rings. The Morgan fingerprint density at radius 2 is 2.25 bits per heavy atom. The Morgan fingerprint density at radius 1 is 1.50 bits per heavy atom. The van der Waals surface area contributed by atoms with Crippen LogP contribution in [0.4, 0.5) is 0 Å². The molecule has 0 saturated carbocycles. The molecular formula is C12H16BrNO2. The van der Waals surface area contributed by atoms with E-state index in [-0.39, 0.29) is 0 Å². The molecule has 88 valence electrons. The van der Waals surface area contributed by atoms with Gasteiger partial charge < -0.3 is 9.47 Å². The zero-order valence-electron chi connectivity index (χ0n) is 9.41. The number of aromatic nitrogens is 1.